The van der Waals surface area contributed by atoms with Crippen LogP contribution in [0, 0.1) is 17.7 Å². The number of benzene rings is 3. The highest BCUT2D eigenvalue weighted by molar-refractivity contribution is 5.90. The van der Waals surface area contributed by atoms with Crippen molar-refractivity contribution in [2.24, 2.45) is 0 Å². The average molecular weight is 462 g/mol. The van der Waals surface area contributed by atoms with Gasteiger partial charge in [-0.15, -0.1) is 0 Å². The van der Waals surface area contributed by atoms with Crippen LogP contribution in [0.25, 0.3) is 0 Å². The maximum atomic E-state index is 15.4. The molecule has 5 heteroatoms. The highest BCUT2D eigenvalue weighted by atomic mass is 19.1. The SMILES string of the molecule is CCCCCC(F)N(Cc1ccc(C#Cc2ccc(F)cc2)cc1)c1cccc(C(=O)OC)c1. The summed E-state index contributed by atoms with van der Waals surface area (Å²) in [6, 6.07) is 20.5. The molecule has 176 valence electrons. The first-order chi connectivity index (χ1) is 16.5. The molecule has 0 bridgehead atoms. The van der Waals surface area contributed by atoms with Crippen LogP contribution in [0.1, 0.15) is 59.7 Å². The first-order valence-corrected chi connectivity index (χ1v) is 11.5. The van der Waals surface area contributed by atoms with Crippen molar-refractivity contribution in [1.29, 1.82) is 0 Å². The fourth-order valence-electron chi connectivity index (χ4n) is 3.57. The molecule has 0 radical (unpaired) electrons. The van der Waals surface area contributed by atoms with E-state index in [1.807, 2.05) is 24.3 Å². The number of hydrogen-bond acceptors (Lipinski definition) is 3. The number of hydrogen-bond donors (Lipinski definition) is 0. The fourth-order valence-corrected chi connectivity index (χ4v) is 3.57. The molecule has 0 aliphatic rings. The van der Waals surface area contributed by atoms with E-state index in [9.17, 15) is 9.18 Å². The molecule has 3 aromatic rings. The van der Waals surface area contributed by atoms with E-state index in [1.54, 1.807) is 41.3 Å². The van der Waals surface area contributed by atoms with Crippen molar-refractivity contribution < 1.29 is 18.3 Å². The second kappa shape index (κ2) is 12.6. The van der Waals surface area contributed by atoms with Crippen LogP contribution in [0.2, 0.25) is 0 Å². The number of ether oxygens (including phenoxy) is 1. The zero-order chi connectivity index (χ0) is 24.3. The highest BCUT2D eigenvalue weighted by Crippen LogP contribution is 2.25. The number of carbonyl (C=O) groups excluding carboxylic acids is 1. The van der Waals surface area contributed by atoms with Gasteiger partial charge in [0.05, 0.1) is 12.7 Å². The van der Waals surface area contributed by atoms with Gasteiger partial charge in [0.2, 0.25) is 0 Å². The molecule has 3 nitrogen and oxygen atoms in total. The maximum Gasteiger partial charge on any atom is 0.337 e. The van der Waals surface area contributed by atoms with Gasteiger partial charge in [0.25, 0.3) is 0 Å². The van der Waals surface area contributed by atoms with Crippen LogP contribution in [0.3, 0.4) is 0 Å². The maximum absolute atomic E-state index is 15.4. The quantitative estimate of drug-likeness (QED) is 0.150. The lowest BCUT2D eigenvalue weighted by Crippen LogP contribution is -2.31. The minimum atomic E-state index is -1.18. The lowest BCUT2D eigenvalue weighted by molar-refractivity contribution is 0.0600. The molecular weight excluding hydrogens is 432 g/mol. The van der Waals surface area contributed by atoms with E-state index in [0.29, 0.717) is 24.2 Å². The molecule has 0 fully saturated rings. The Hall–Kier alpha value is -3.65. The molecular formula is C29H29F2NO2. The van der Waals surface area contributed by atoms with Crippen LogP contribution in [-0.2, 0) is 11.3 Å². The summed E-state index contributed by atoms with van der Waals surface area (Å²) in [7, 11) is 1.33. The summed E-state index contributed by atoms with van der Waals surface area (Å²) < 4.78 is 33.2. The average Bonchev–Trinajstić information content (AvgIpc) is 2.87. The second-order valence-electron chi connectivity index (χ2n) is 8.05. The third kappa shape index (κ3) is 7.18. The molecule has 34 heavy (non-hydrogen) atoms. The fraction of sp³-hybridized carbons (Fsp3) is 0.276. The second-order valence-corrected chi connectivity index (χ2v) is 8.05. The van der Waals surface area contributed by atoms with Crippen LogP contribution in [0.4, 0.5) is 14.5 Å². The molecule has 1 atom stereocenters. The molecule has 3 rings (SSSR count). The van der Waals surface area contributed by atoms with Gasteiger partial charge in [0.1, 0.15) is 5.82 Å². The summed E-state index contributed by atoms with van der Waals surface area (Å²) in [5.74, 6) is 5.33. The monoisotopic (exact) mass is 461 g/mol. The van der Waals surface area contributed by atoms with E-state index in [1.165, 1.54) is 19.2 Å². The number of esters is 1. The Labute approximate surface area is 200 Å². The Bertz CT molecular complexity index is 1130. The molecule has 3 aromatic carbocycles. The zero-order valence-electron chi connectivity index (χ0n) is 19.6. The number of alkyl halides is 1. The van der Waals surface area contributed by atoms with Crippen molar-refractivity contribution in [3.8, 4) is 11.8 Å². The van der Waals surface area contributed by atoms with Crippen LogP contribution < -0.4 is 4.90 Å². The van der Waals surface area contributed by atoms with Crippen molar-refractivity contribution in [3.05, 3.63) is 101 Å². The summed E-state index contributed by atoms with van der Waals surface area (Å²) in [5.41, 5.74) is 3.49. The van der Waals surface area contributed by atoms with Gasteiger partial charge in [-0.05, 0) is 73.0 Å². The van der Waals surface area contributed by atoms with Gasteiger partial charge < -0.3 is 9.64 Å². The summed E-state index contributed by atoms with van der Waals surface area (Å²) in [6.45, 7) is 2.44. The van der Waals surface area contributed by atoms with Gasteiger partial charge in [-0.1, -0.05) is 49.8 Å². The summed E-state index contributed by atoms with van der Waals surface area (Å²) in [5, 5.41) is 0. The Morgan fingerprint density at radius 2 is 1.62 bits per heavy atom. The van der Waals surface area contributed by atoms with E-state index < -0.39 is 12.3 Å². The first-order valence-electron chi connectivity index (χ1n) is 11.5. The first kappa shape index (κ1) is 25.0. The molecule has 0 aliphatic carbocycles. The van der Waals surface area contributed by atoms with Crippen LogP contribution in [-0.4, -0.2) is 19.4 Å². The third-order valence-electron chi connectivity index (χ3n) is 5.49. The zero-order valence-corrected chi connectivity index (χ0v) is 19.6. The summed E-state index contributed by atoms with van der Waals surface area (Å²) in [6.07, 6.45) is 2.01. The lowest BCUT2D eigenvalue weighted by atomic mass is 10.1. The molecule has 0 heterocycles. The number of methoxy groups -OCH3 is 1. The van der Waals surface area contributed by atoms with Crippen molar-refractivity contribution in [1.82, 2.24) is 0 Å². The minimum absolute atomic E-state index is 0.294. The topological polar surface area (TPSA) is 29.5 Å². The molecule has 0 amide bonds. The standard InChI is InChI=1S/C29H29F2NO2/c1-3-4-5-9-28(31)32(27-8-6-7-25(20-27)29(33)34-2)21-24-14-12-22(13-15-24)10-11-23-16-18-26(30)19-17-23/h6-8,12-20,28H,3-5,9,21H2,1-2H3. The molecule has 1 unspecified atom stereocenters. The molecule has 0 N–H and O–H groups in total. The van der Waals surface area contributed by atoms with Crippen molar-refractivity contribution in [2.75, 3.05) is 12.0 Å². The summed E-state index contributed by atoms with van der Waals surface area (Å²) >= 11 is 0. The van der Waals surface area contributed by atoms with E-state index in [-0.39, 0.29) is 5.82 Å². The Kier molecular flexibility index (Phi) is 9.22. The van der Waals surface area contributed by atoms with Gasteiger partial charge in [0, 0.05) is 23.4 Å². The normalized spacial score (nSPS) is 11.3. The smallest absolute Gasteiger partial charge is 0.337 e. The van der Waals surface area contributed by atoms with E-state index in [2.05, 4.69) is 18.8 Å². The van der Waals surface area contributed by atoms with Gasteiger partial charge in [0.15, 0.2) is 6.30 Å². The lowest BCUT2D eigenvalue weighted by Gasteiger charge is -2.29. The summed E-state index contributed by atoms with van der Waals surface area (Å²) in [4.78, 5) is 13.7. The van der Waals surface area contributed by atoms with Crippen molar-refractivity contribution >= 4 is 11.7 Å². The number of rotatable bonds is 9. The Balaban J connectivity index is 1.79. The molecule has 0 aliphatic heterocycles. The van der Waals surface area contributed by atoms with Crippen LogP contribution >= 0.6 is 0 Å². The largest absolute Gasteiger partial charge is 0.465 e. The number of unbranched alkanes of at least 4 members (excludes halogenated alkanes) is 2. The molecule has 0 saturated heterocycles. The number of carbonyl (C=O) groups is 1. The predicted molar refractivity (Wildman–Crippen MR) is 132 cm³/mol. The highest BCUT2D eigenvalue weighted by Gasteiger charge is 2.20. The third-order valence-corrected chi connectivity index (χ3v) is 5.49. The number of anilines is 1. The molecule has 0 spiro atoms. The van der Waals surface area contributed by atoms with Gasteiger partial charge in [-0.25, -0.2) is 13.6 Å². The van der Waals surface area contributed by atoms with Crippen LogP contribution in [0.15, 0.2) is 72.8 Å². The molecule has 0 aromatic heterocycles. The van der Waals surface area contributed by atoms with Crippen molar-refractivity contribution in [2.45, 2.75) is 45.4 Å². The van der Waals surface area contributed by atoms with E-state index in [0.717, 1.165) is 36.0 Å². The van der Waals surface area contributed by atoms with Crippen LogP contribution in [0.5, 0.6) is 0 Å². The van der Waals surface area contributed by atoms with E-state index in [4.69, 9.17) is 4.74 Å². The Morgan fingerprint density at radius 1 is 0.971 bits per heavy atom. The van der Waals surface area contributed by atoms with Gasteiger partial charge in [-0.2, -0.15) is 0 Å². The predicted octanol–water partition coefficient (Wildman–Crippen LogP) is 6.89. The van der Waals surface area contributed by atoms with Gasteiger partial charge >= 0.3 is 5.97 Å². The number of halogens is 2. The van der Waals surface area contributed by atoms with Gasteiger partial charge in [-0.3, -0.25) is 0 Å². The minimum Gasteiger partial charge on any atom is -0.465 e. The van der Waals surface area contributed by atoms with Crippen molar-refractivity contribution in [3.63, 3.8) is 0 Å². The van der Waals surface area contributed by atoms with E-state index >= 15 is 4.39 Å². The molecule has 0 saturated carbocycles. The number of nitrogens with zero attached hydrogens (tertiary/aromatic N) is 1. The Morgan fingerprint density at radius 3 is 2.24 bits per heavy atom.